The first-order valence-electron chi connectivity index (χ1n) is 5.94. The van der Waals surface area contributed by atoms with Crippen LogP contribution in [0.5, 0.6) is 0 Å². The zero-order chi connectivity index (χ0) is 15.6. The quantitative estimate of drug-likeness (QED) is 0.680. The fourth-order valence-electron chi connectivity index (χ4n) is 2.09. The van der Waals surface area contributed by atoms with E-state index >= 15 is 0 Å². The van der Waals surface area contributed by atoms with Crippen LogP contribution in [0.1, 0.15) is 31.1 Å². The molecule has 1 N–H and O–H groups in total. The van der Waals surface area contributed by atoms with E-state index in [4.69, 9.17) is 4.74 Å². The van der Waals surface area contributed by atoms with E-state index in [0.29, 0.717) is 10.9 Å². The van der Waals surface area contributed by atoms with Crippen molar-refractivity contribution in [3.05, 3.63) is 35.0 Å². The molecule has 0 aliphatic rings. The molecule has 1 aromatic heterocycles. The highest BCUT2D eigenvalue weighted by Crippen LogP contribution is 2.27. The molecule has 1 aromatic carbocycles. The van der Waals surface area contributed by atoms with Crippen LogP contribution in [0, 0.1) is 0 Å². The van der Waals surface area contributed by atoms with Crippen molar-refractivity contribution in [1.82, 2.24) is 4.98 Å². The van der Waals surface area contributed by atoms with Gasteiger partial charge in [-0.1, -0.05) is 0 Å². The minimum atomic E-state index is -0.753. The summed E-state index contributed by atoms with van der Waals surface area (Å²) in [6, 6.07) is 2.87. The number of aromatic nitrogens is 1. The van der Waals surface area contributed by atoms with Crippen molar-refractivity contribution in [2.24, 2.45) is 0 Å². The number of ether oxygens (including phenoxy) is 3. The number of hydrogen-bond donors (Lipinski definition) is 1. The molecule has 1 heterocycles. The maximum absolute atomic E-state index is 12.0. The zero-order valence-electron chi connectivity index (χ0n) is 11.7. The van der Waals surface area contributed by atoms with Gasteiger partial charge in [0, 0.05) is 11.6 Å². The summed E-state index contributed by atoms with van der Waals surface area (Å²) >= 11 is 0. The normalized spacial score (nSPS) is 10.2. The molecule has 0 aliphatic heterocycles. The summed E-state index contributed by atoms with van der Waals surface area (Å²) < 4.78 is 14.0. The SMILES string of the molecule is COC(=O)c1cc(C(=O)OC)c2cc[nH]c2c1C(=O)OC. The maximum Gasteiger partial charge on any atom is 0.340 e. The summed E-state index contributed by atoms with van der Waals surface area (Å²) in [5.41, 5.74) is 0.406. The average Bonchev–Trinajstić information content (AvgIpc) is 3.00. The van der Waals surface area contributed by atoms with Crippen LogP contribution in [-0.2, 0) is 14.2 Å². The Labute approximate surface area is 119 Å². The van der Waals surface area contributed by atoms with E-state index in [0.717, 1.165) is 0 Å². The van der Waals surface area contributed by atoms with E-state index in [9.17, 15) is 14.4 Å². The van der Waals surface area contributed by atoms with Crippen LogP contribution in [0.4, 0.5) is 0 Å². The van der Waals surface area contributed by atoms with Crippen molar-refractivity contribution in [1.29, 1.82) is 0 Å². The van der Waals surface area contributed by atoms with Gasteiger partial charge in [0.05, 0.1) is 43.5 Å². The van der Waals surface area contributed by atoms with Gasteiger partial charge in [0.2, 0.25) is 0 Å². The van der Waals surface area contributed by atoms with Crippen molar-refractivity contribution in [2.75, 3.05) is 21.3 Å². The molecule has 7 heteroatoms. The Kier molecular flexibility index (Phi) is 3.93. The number of esters is 3. The Morgan fingerprint density at radius 2 is 1.48 bits per heavy atom. The van der Waals surface area contributed by atoms with E-state index < -0.39 is 17.9 Å². The molecule has 2 aromatic rings. The van der Waals surface area contributed by atoms with Gasteiger partial charge in [0.25, 0.3) is 0 Å². The third kappa shape index (κ3) is 2.33. The third-order valence-corrected chi connectivity index (χ3v) is 3.05. The molecule has 21 heavy (non-hydrogen) atoms. The average molecular weight is 291 g/mol. The molecule has 0 aliphatic carbocycles. The molecule has 0 saturated carbocycles. The maximum atomic E-state index is 12.0. The number of carbonyl (C=O) groups is 3. The van der Waals surface area contributed by atoms with Crippen molar-refractivity contribution in [3.8, 4) is 0 Å². The summed E-state index contributed by atoms with van der Waals surface area (Å²) in [5, 5.41) is 0.454. The van der Waals surface area contributed by atoms with Gasteiger partial charge in [-0.2, -0.15) is 0 Å². The summed E-state index contributed by atoms with van der Waals surface area (Å²) in [7, 11) is 3.61. The lowest BCUT2D eigenvalue weighted by molar-refractivity contribution is 0.0555. The van der Waals surface area contributed by atoms with Crippen LogP contribution < -0.4 is 0 Å². The van der Waals surface area contributed by atoms with E-state index in [1.54, 1.807) is 12.3 Å². The molecule has 0 spiro atoms. The minimum absolute atomic E-state index is 0.0111. The van der Waals surface area contributed by atoms with Gasteiger partial charge in [0.1, 0.15) is 0 Å². The first-order valence-corrected chi connectivity index (χ1v) is 5.94. The molecule has 0 unspecified atom stereocenters. The Morgan fingerprint density at radius 3 is 2.05 bits per heavy atom. The molecular formula is C14H13NO6. The summed E-state index contributed by atoms with van der Waals surface area (Å²) in [6.45, 7) is 0. The number of fused-ring (bicyclic) bond motifs is 1. The van der Waals surface area contributed by atoms with Crippen molar-refractivity contribution < 1.29 is 28.6 Å². The second-order valence-corrected chi connectivity index (χ2v) is 4.09. The fourth-order valence-corrected chi connectivity index (χ4v) is 2.09. The Morgan fingerprint density at radius 1 is 0.905 bits per heavy atom. The lowest BCUT2D eigenvalue weighted by Crippen LogP contribution is -2.15. The van der Waals surface area contributed by atoms with Crippen LogP contribution in [0.2, 0.25) is 0 Å². The van der Waals surface area contributed by atoms with Crippen molar-refractivity contribution in [2.45, 2.75) is 0 Å². The molecule has 7 nitrogen and oxygen atoms in total. The molecule has 0 saturated heterocycles. The van der Waals surface area contributed by atoms with E-state index in [-0.39, 0.29) is 16.7 Å². The number of hydrogen-bond acceptors (Lipinski definition) is 6. The number of H-pyrrole nitrogens is 1. The molecule has 110 valence electrons. The molecule has 0 atom stereocenters. The Balaban J connectivity index is 2.87. The van der Waals surface area contributed by atoms with E-state index in [2.05, 4.69) is 14.5 Å². The minimum Gasteiger partial charge on any atom is -0.465 e. The van der Waals surface area contributed by atoms with Gasteiger partial charge in [0.15, 0.2) is 0 Å². The highest BCUT2D eigenvalue weighted by Gasteiger charge is 2.26. The lowest BCUT2D eigenvalue weighted by atomic mass is 9.99. The monoisotopic (exact) mass is 291 g/mol. The van der Waals surface area contributed by atoms with Gasteiger partial charge >= 0.3 is 17.9 Å². The topological polar surface area (TPSA) is 94.7 Å². The Bertz CT molecular complexity index is 730. The smallest absolute Gasteiger partial charge is 0.340 e. The molecule has 0 amide bonds. The zero-order valence-corrected chi connectivity index (χ0v) is 11.7. The van der Waals surface area contributed by atoms with Crippen LogP contribution >= 0.6 is 0 Å². The van der Waals surface area contributed by atoms with Gasteiger partial charge in [-0.3, -0.25) is 0 Å². The summed E-state index contributed by atoms with van der Waals surface area (Å²) in [5.74, 6) is -2.09. The number of methoxy groups -OCH3 is 3. The molecule has 0 bridgehead atoms. The lowest BCUT2D eigenvalue weighted by Gasteiger charge is -2.10. The van der Waals surface area contributed by atoms with Crippen LogP contribution in [0.3, 0.4) is 0 Å². The van der Waals surface area contributed by atoms with Gasteiger partial charge < -0.3 is 19.2 Å². The highest BCUT2D eigenvalue weighted by atomic mass is 16.5. The largest absolute Gasteiger partial charge is 0.465 e. The number of rotatable bonds is 3. The fraction of sp³-hybridized carbons (Fsp3) is 0.214. The van der Waals surface area contributed by atoms with Gasteiger partial charge in [-0.15, -0.1) is 0 Å². The van der Waals surface area contributed by atoms with Crippen molar-refractivity contribution in [3.63, 3.8) is 0 Å². The number of nitrogens with one attached hydrogen (secondary N) is 1. The highest BCUT2D eigenvalue weighted by molar-refractivity contribution is 6.16. The van der Waals surface area contributed by atoms with E-state index in [1.165, 1.54) is 27.4 Å². The first kappa shape index (κ1) is 14.6. The third-order valence-electron chi connectivity index (χ3n) is 3.05. The molecule has 0 fully saturated rings. The number of aromatic amines is 1. The summed E-state index contributed by atoms with van der Waals surface area (Å²) in [4.78, 5) is 38.5. The van der Waals surface area contributed by atoms with Crippen LogP contribution in [0.25, 0.3) is 10.9 Å². The van der Waals surface area contributed by atoms with Gasteiger partial charge in [-0.05, 0) is 12.1 Å². The Hall–Kier alpha value is -2.83. The molecular weight excluding hydrogens is 278 g/mol. The summed E-state index contributed by atoms with van der Waals surface area (Å²) in [6.07, 6.45) is 1.55. The second-order valence-electron chi connectivity index (χ2n) is 4.09. The first-order chi connectivity index (χ1) is 10.0. The van der Waals surface area contributed by atoms with Crippen LogP contribution in [0.15, 0.2) is 18.3 Å². The van der Waals surface area contributed by atoms with E-state index in [1.807, 2.05) is 0 Å². The number of benzene rings is 1. The van der Waals surface area contributed by atoms with Crippen molar-refractivity contribution >= 4 is 28.8 Å². The standard InChI is InChI=1S/C14H13NO6/c1-19-12(16)8-6-9(13(17)20-2)10(14(18)21-3)11-7(8)4-5-15-11/h4-6,15H,1-3H3. The van der Waals surface area contributed by atoms with Gasteiger partial charge in [-0.25, -0.2) is 14.4 Å². The second kappa shape index (κ2) is 5.66. The predicted octanol–water partition coefficient (Wildman–Crippen LogP) is 1.53. The predicted molar refractivity (Wildman–Crippen MR) is 72.3 cm³/mol. The number of carbonyl (C=O) groups excluding carboxylic acids is 3. The molecule has 0 radical (unpaired) electrons. The van der Waals surface area contributed by atoms with Crippen LogP contribution in [-0.4, -0.2) is 44.2 Å². The molecule has 2 rings (SSSR count).